The van der Waals surface area contributed by atoms with Crippen molar-refractivity contribution in [1.29, 1.82) is 0 Å². The van der Waals surface area contributed by atoms with Crippen molar-refractivity contribution in [3.63, 3.8) is 0 Å². The van der Waals surface area contributed by atoms with Crippen LogP contribution in [0.2, 0.25) is 0 Å². The van der Waals surface area contributed by atoms with E-state index in [-0.39, 0.29) is 41.4 Å². The first-order chi connectivity index (χ1) is 11.7. The summed E-state index contributed by atoms with van der Waals surface area (Å²) in [5.41, 5.74) is -0.377. The topological polar surface area (TPSA) is 74.8 Å². The maximum Gasteiger partial charge on any atom is 0.225 e. The quantitative estimate of drug-likeness (QED) is 0.215. The van der Waals surface area contributed by atoms with Gasteiger partial charge in [-0.1, -0.05) is 32.9 Å². The first-order valence-electron chi connectivity index (χ1n) is 8.38. The lowest BCUT2D eigenvalue weighted by Gasteiger charge is -2.19. The Kier molecular flexibility index (Phi) is 11.9. The average molecular weight is 541 g/mol. The number of nitrogens with zero attached hydrogens (tertiary/aromatic N) is 1. The molecule has 3 N–H and O–H groups in total. The number of carbonyl (C=O) groups is 1. The molecular formula is C18H30BrIN4O2. The lowest BCUT2D eigenvalue weighted by atomic mass is 9.96. The van der Waals surface area contributed by atoms with Gasteiger partial charge in [0, 0.05) is 25.6 Å². The fourth-order valence-corrected chi connectivity index (χ4v) is 2.26. The maximum atomic E-state index is 11.8. The predicted molar refractivity (Wildman–Crippen MR) is 121 cm³/mol. The summed E-state index contributed by atoms with van der Waals surface area (Å²) in [7, 11) is 1.71. The van der Waals surface area contributed by atoms with Crippen LogP contribution in [0.25, 0.3) is 0 Å². The average Bonchev–Trinajstić information content (AvgIpc) is 2.55. The molecule has 0 saturated carbocycles. The van der Waals surface area contributed by atoms with Crippen LogP contribution in [-0.2, 0) is 4.79 Å². The third-order valence-corrected chi connectivity index (χ3v) is 3.98. The molecule has 1 rings (SSSR count). The second-order valence-corrected chi connectivity index (χ2v) is 7.60. The zero-order chi connectivity index (χ0) is 18.9. The predicted octanol–water partition coefficient (Wildman–Crippen LogP) is 3.16. The van der Waals surface area contributed by atoms with Crippen molar-refractivity contribution < 1.29 is 9.53 Å². The van der Waals surface area contributed by atoms with Crippen molar-refractivity contribution in [2.24, 2.45) is 10.4 Å². The van der Waals surface area contributed by atoms with Gasteiger partial charge in [0.25, 0.3) is 0 Å². The first-order valence-corrected chi connectivity index (χ1v) is 9.17. The Morgan fingerprint density at radius 2 is 1.81 bits per heavy atom. The minimum atomic E-state index is -0.377. The van der Waals surface area contributed by atoms with E-state index in [4.69, 9.17) is 4.74 Å². The third-order valence-electron chi connectivity index (χ3n) is 3.33. The van der Waals surface area contributed by atoms with Gasteiger partial charge < -0.3 is 20.7 Å². The van der Waals surface area contributed by atoms with Crippen LogP contribution in [0.5, 0.6) is 5.75 Å². The van der Waals surface area contributed by atoms with E-state index < -0.39 is 0 Å². The molecule has 0 aliphatic heterocycles. The van der Waals surface area contributed by atoms with Crippen molar-refractivity contribution >= 4 is 51.8 Å². The number of hydrogen-bond acceptors (Lipinski definition) is 3. The highest BCUT2D eigenvalue weighted by Crippen LogP contribution is 2.24. The molecule has 0 aromatic heterocycles. The Bertz CT molecular complexity index is 591. The van der Waals surface area contributed by atoms with E-state index in [2.05, 4.69) is 36.9 Å². The number of ether oxygens (including phenoxy) is 1. The van der Waals surface area contributed by atoms with Crippen molar-refractivity contribution in [3.05, 3.63) is 28.7 Å². The van der Waals surface area contributed by atoms with Crippen LogP contribution in [0.15, 0.2) is 33.7 Å². The molecule has 1 aromatic rings. The summed E-state index contributed by atoms with van der Waals surface area (Å²) in [6.45, 7) is 9.41. The van der Waals surface area contributed by atoms with Gasteiger partial charge >= 0.3 is 0 Å². The van der Waals surface area contributed by atoms with Crippen molar-refractivity contribution in [2.75, 3.05) is 26.7 Å². The smallest absolute Gasteiger partial charge is 0.225 e. The van der Waals surface area contributed by atoms with Gasteiger partial charge in [-0.05, 0) is 35.0 Å². The minimum absolute atomic E-state index is 0. The van der Waals surface area contributed by atoms with Gasteiger partial charge in [0.15, 0.2) is 5.96 Å². The highest BCUT2D eigenvalue weighted by Gasteiger charge is 2.20. The third kappa shape index (κ3) is 9.61. The van der Waals surface area contributed by atoms with Crippen LogP contribution in [-0.4, -0.2) is 44.7 Å². The van der Waals surface area contributed by atoms with Gasteiger partial charge in [-0.25, -0.2) is 0 Å². The molecule has 0 aliphatic carbocycles. The Morgan fingerprint density at radius 3 is 2.38 bits per heavy atom. The first kappa shape index (κ1) is 25.0. The zero-order valence-electron chi connectivity index (χ0n) is 16.1. The Morgan fingerprint density at radius 1 is 1.19 bits per heavy atom. The van der Waals surface area contributed by atoms with E-state index in [9.17, 15) is 4.79 Å². The van der Waals surface area contributed by atoms with Gasteiger partial charge in [-0.2, -0.15) is 0 Å². The molecule has 1 atom stereocenters. The molecule has 1 amide bonds. The molecule has 0 radical (unpaired) electrons. The summed E-state index contributed by atoms with van der Waals surface area (Å²) in [6, 6.07) is 7.75. The van der Waals surface area contributed by atoms with E-state index in [1.807, 2.05) is 52.0 Å². The molecule has 0 fully saturated rings. The summed E-state index contributed by atoms with van der Waals surface area (Å²) in [5, 5.41) is 9.27. The zero-order valence-corrected chi connectivity index (χ0v) is 20.0. The summed E-state index contributed by atoms with van der Waals surface area (Å²) in [6.07, 6.45) is -0.0298. The molecule has 0 saturated heterocycles. The number of carbonyl (C=O) groups excluding carboxylic acids is 1. The molecule has 1 aromatic carbocycles. The molecule has 0 spiro atoms. The van der Waals surface area contributed by atoms with E-state index in [0.29, 0.717) is 25.6 Å². The number of amides is 1. The fourth-order valence-electron chi connectivity index (χ4n) is 1.88. The number of aliphatic imine (C=N–C) groups is 1. The summed E-state index contributed by atoms with van der Waals surface area (Å²) in [5.74, 6) is 1.52. The number of rotatable bonds is 7. The highest BCUT2D eigenvalue weighted by atomic mass is 127. The minimum Gasteiger partial charge on any atom is -0.488 e. The van der Waals surface area contributed by atoms with E-state index >= 15 is 0 Å². The second-order valence-electron chi connectivity index (χ2n) is 6.74. The highest BCUT2D eigenvalue weighted by molar-refractivity contribution is 14.0. The lowest BCUT2D eigenvalue weighted by molar-refractivity contribution is -0.128. The summed E-state index contributed by atoms with van der Waals surface area (Å²) >= 11 is 3.47. The maximum absolute atomic E-state index is 11.8. The van der Waals surface area contributed by atoms with E-state index in [1.54, 1.807) is 7.05 Å². The van der Waals surface area contributed by atoms with E-state index in [0.717, 1.165) is 10.2 Å². The molecule has 8 heteroatoms. The van der Waals surface area contributed by atoms with Crippen LogP contribution in [0.4, 0.5) is 0 Å². The van der Waals surface area contributed by atoms with Crippen LogP contribution >= 0.6 is 39.9 Å². The SMILES string of the molecule is CN=C(NCCNC(=O)C(C)(C)C)NCC(C)Oc1ccccc1Br.I. The van der Waals surface area contributed by atoms with E-state index in [1.165, 1.54) is 0 Å². The largest absolute Gasteiger partial charge is 0.488 e. The van der Waals surface area contributed by atoms with Gasteiger partial charge in [-0.15, -0.1) is 24.0 Å². The van der Waals surface area contributed by atoms with Crippen LogP contribution in [0.3, 0.4) is 0 Å². The van der Waals surface area contributed by atoms with Crippen LogP contribution in [0.1, 0.15) is 27.7 Å². The number of guanidine groups is 1. The van der Waals surface area contributed by atoms with Gasteiger partial charge in [0.1, 0.15) is 11.9 Å². The number of hydrogen-bond donors (Lipinski definition) is 3. The Hall–Kier alpha value is -1.03. The lowest BCUT2D eigenvalue weighted by Crippen LogP contribution is -2.45. The standard InChI is InChI=1S/C18H29BrN4O2.HI/c1-13(25-15-9-7-6-8-14(15)19)12-23-17(20-5)22-11-10-21-16(24)18(2,3)4;/h6-9,13H,10-12H2,1-5H3,(H,21,24)(H2,20,22,23);1H. The molecule has 0 bridgehead atoms. The number of para-hydroxylation sites is 1. The Labute approximate surface area is 182 Å². The van der Waals surface area contributed by atoms with Gasteiger partial charge in [0.2, 0.25) is 5.91 Å². The van der Waals surface area contributed by atoms with Crippen molar-refractivity contribution in [3.8, 4) is 5.75 Å². The molecular weight excluding hydrogens is 511 g/mol. The molecule has 6 nitrogen and oxygen atoms in total. The van der Waals surface area contributed by atoms with Crippen molar-refractivity contribution in [2.45, 2.75) is 33.8 Å². The molecule has 1 unspecified atom stereocenters. The molecule has 0 heterocycles. The molecule has 0 aliphatic rings. The summed E-state index contributed by atoms with van der Waals surface area (Å²) < 4.78 is 6.81. The molecule has 26 heavy (non-hydrogen) atoms. The summed E-state index contributed by atoms with van der Waals surface area (Å²) in [4.78, 5) is 16.0. The molecule has 148 valence electrons. The van der Waals surface area contributed by atoms with Crippen molar-refractivity contribution in [1.82, 2.24) is 16.0 Å². The van der Waals surface area contributed by atoms with Crippen LogP contribution < -0.4 is 20.7 Å². The monoisotopic (exact) mass is 540 g/mol. The number of halogens is 2. The normalized spacial score (nSPS) is 12.6. The number of benzene rings is 1. The Balaban J connectivity index is 0.00000625. The van der Waals surface area contributed by atoms with Crippen LogP contribution in [0, 0.1) is 5.41 Å². The van der Waals surface area contributed by atoms with Gasteiger partial charge in [-0.3, -0.25) is 9.79 Å². The second kappa shape index (κ2) is 12.4. The van der Waals surface area contributed by atoms with Gasteiger partial charge in [0.05, 0.1) is 11.0 Å². The number of nitrogens with one attached hydrogen (secondary N) is 3. The fraction of sp³-hybridized carbons (Fsp3) is 0.556.